The summed E-state index contributed by atoms with van der Waals surface area (Å²) in [6.45, 7) is 9.22. The smallest absolute Gasteiger partial charge is 0.255 e. The first kappa shape index (κ1) is 32.0. The SMILES string of the molecule is CC(C)C[C@H]1COc2ccccc2C(=O)N[C@H](C(=O)NCc2ccc(CN3CCCCC3)cc2)CC(=O)N[C@@H](C)C(=O)N1. The van der Waals surface area contributed by atoms with Crippen LogP contribution in [0.4, 0.5) is 0 Å². The summed E-state index contributed by atoms with van der Waals surface area (Å²) in [5.74, 6) is -1.27. The fraction of sp³-hybridized carbons (Fsp3) is 0.515. The molecule has 10 nitrogen and oxygen atoms in total. The molecule has 2 heterocycles. The first-order valence-electron chi connectivity index (χ1n) is 15.4. The average molecular weight is 592 g/mol. The zero-order valence-electron chi connectivity index (χ0n) is 25.5. The Kier molecular flexibility index (Phi) is 11.6. The van der Waals surface area contributed by atoms with Gasteiger partial charge in [0.05, 0.1) is 18.0 Å². The maximum atomic E-state index is 13.4. The largest absolute Gasteiger partial charge is 0.491 e. The standard InChI is InChI=1S/C33H45N5O5/c1-22(2)17-26-21-43-29-10-6-5-9-27(29)32(41)37-28(18-30(39)35-23(3)31(40)36-26)33(42)34-19-24-11-13-25(14-12-24)20-38-15-7-4-8-16-38/h5-6,9-14,22-23,26,28H,4,7-8,15-21H2,1-3H3,(H,34,42)(H,35,39)(H,36,40)(H,37,41)/t23-,26-,28-/m0/s1. The highest BCUT2D eigenvalue weighted by Gasteiger charge is 2.28. The van der Waals surface area contributed by atoms with Crippen molar-refractivity contribution in [2.45, 2.75) is 84.1 Å². The Morgan fingerprint density at radius 1 is 0.953 bits per heavy atom. The van der Waals surface area contributed by atoms with Gasteiger partial charge in [-0.2, -0.15) is 0 Å². The van der Waals surface area contributed by atoms with Gasteiger partial charge in [-0.1, -0.05) is 56.7 Å². The lowest BCUT2D eigenvalue weighted by molar-refractivity contribution is -0.131. The summed E-state index contributed by atoms with van der Waals surface area (Å²) in [5.41, 5.74) is 2.37. The van der Waals surface area contributed by atoms with E-state index in [1.807, 2.05) is 26.0 Å². The third-order valence-corrected chi connectivity index (χ3v) is 7.80. The summed E-state index contributed by atoms with van der Waals surface area (Å²) in [6.07, 6.45) is 4.10. The maximum absolute atomic E-state index is 13.4. The quantitative estimate of drug-likeness (QED) is 0.392. The van der Waals surface area contributed by atoms with Gasteiger partial charge in [0.1, 0.15) is 24.4 Å². The summed E-state index contributed by atoms with van der Waals surface area (Å²) in [6, 6.07) is 12.5. The lowest BCUT2D eigenvalue weighted by atomic mass is 10.0. The van der Waals surface area contributed by atoms with Crippen LogP contribution in [0.25, 0.3) is 0 Å². The highest BCUT2D eigenvalue weighted by molar-refractivity contribution is 6.01. The molecule has 0 unspecified atom stereocenters. The molecule has 0 bridgehead atoms. The van der Waals surface area contributed by atoms with Gasteiger partial charge in [0.2, 0.25) is 17.7 Å². The van der Waals surface area contributed by atoms with E-state index in [1.54, 1.807) is 31.2 Å². The summed E-state index contributed by atoms with van der Waals surface area (Å²) in [7, 11) is 0. The highest BCUT2D eigenvalue weighted by Crippen LogP contribution is 2.20. The molecule has 1 saturated heterocycles. The number of rotatable bonds is 7. The van der Waals surface area contributed by atoms with Crippen LogP contribution >= 0.6 is 0 Å². The molecular formula is C33H45N5O5. The number of carbonyl (C=O) groups is 4. The van der Waals surface area contributed by atoms with Gasteiger partial charge in [-0.25, -0.2) is 0 Å². The van der Waals surface area contributed by atoms with Crippen LogP contribution in [0.2, 0.25) is 0 Å². The van der Waals surface area contributed by atoms with E-state index in [0.717, 1.165) is 25.2 Å². The number of amides is 4. The molecule has 4 amide bonds. The van der Waals surface area contributed by atoms with Crippen LogP contribution in [0.3, 0.4) is 0 Å². The van der Waals surface area contributed by atoms with Gasteiger partial charge < -0.3 is 26.0 Å². The number of nitrogens with zero attached hydrogens (tertiary/aromatic N) is 1. The number of fused-ring (bicyclic) bond motifs is 1. The van der Waals surface area contributed by atoms with Crippen LogP contribution in [0.15, 0.2) is 48.5 Å². The zero-order chi connectivity index (χ0) is 30.8. The van der Waals surface area contributed by atoms with Crippen molar-refractivity contribution in [3.05, 3.63) is 65.2 Å². The topological polar surface area (TPSA) is 129 Å². The van der Waals surface area contributed by atoms with E-state index >= 15 is 0 Å². The zero-order valence-corrected chi connectivity index (χ0v) is 25.5. The molecule has 4 N–H and O–H groups in total. The number of hydrogen-bond acceptors (Lipinski definition) is 6. The van der Waals surface area contributed by atoms with E-state index in [0.29, 0.717) is 12.2 Å². The molecule has 0 aliphatic carbocycles. The van der Waals surface area contributed by atoms with Crippen LogP contribution in [-0.2, 0) is 27.5 Å². The minimum absolute atomic E-state index is 0.148. The summed E-state index contributed by atoms with van der Waals surface area (Å²) < 4.78 is 6.01. The van der Waals surface area contributed by atoms with Gasteiger partial charge in [0, 0.05) is 13.1 Å². The number of nitrogens with one attached hydrogen (secondary N) is 4. The van der Waals surface area contributed by atoms with Crippen molar-refractivity contribution in [1.82, 2.24) is 26.2 Å². The molecule has 10 heteroatoms. The second kappa shape index (κ2) is 15.5. The van der Waals surface area contributed by atoms with Gasteiger partial charge in [-0.3, -0.25) is 24.1 Å². The number of hydrogen-bond donors (Lipinski definition) is 4. The fourth-order valence-electron chi connectivity index (χ4n) is 5.48. The number of carbonyl (C=O) groups excluding carboxylic acids is 4. The molecule has 2 aliphatic rings. The normalized spacial score (nSPS) is 22.3. The molecular weight excluding hydrogens is 546 g/mol. The number of piperidine rings is 1. The Labute approximate surface area is 254 Å². The monoisotopic (exact) mass is 591 g/mol. The number of para-hydroxylation sites is 1. The number of ether oxygens (including phenoxy) is 1. The minimum atomic E-state index is -1.16. The molecule has 0 aromatic heterocycles. The average Bonchev–Trinajstić information content (AvgIpc) is 2.99. The van der Waals surface area contributed by atoms with Crippen molar-refractivity contribution in [3.8, 4) is 5.75 Å². The van der Waals surface area contributed by atoms with E-state index < -0.39 is 29.8 Å². The Hall–Kier alpha value is -3.92. The second-order valence-electron chi connectivity index (χ2n) is 12.0. The summed E-state index contributed by atoms with van der Waals surface area (Å²) in [4.78, 5) is 55.0. The van der Waals surface area contributed by atoms with Crippen LogP contribution in [0.5, 0.6) is 5.75 Å². The Morgan fingerprint density at radius 2 is 1.65 bits per heavy atom. The maximum Gasteiger partial charge on any atom is 0.255 e. The fourth-order valence-corrected chi connectivity index (χ4v) is 5.48. The van der Waals surface area contributed by atoms with Crippen LogP contribution in [0, 0.1) is 5.92 Å². The van der Waals surface area contributed by atoms with E-state index in [4.69, 9.17) is 4.74 Å². The van der Waals surface area contributed by atoms with Gasteiger partial charge in [0.15, 0.2) is 0 Å². The second-order valence-corrected chi connectivity index (χ2v) is 12.0. The first-order chi connectivity index (χ1) is 20.7. The molecule has 0 spiro atoms. The van der Waals surface area contributed by atoms with Crippen molar-refractivity contribution in [2.24, 2.45) is 5.92 Å². The van der Waals surface area contributed by atoms with E-state index in [2.05, 4.69) is 38.3 Å². The van der Waals surface area contributed by atoms with Gasteiger partial charge in [0.25, 0.3) is 5.91 Å². The predicted octanol–water partition coefficient (Wildman–Crippen LogP) is 2.91. The molecule has 43 heavy (non-hydrogen) atoms. The van der Waals surface area contributed by atoms with E-state index in [1.165, 1.54) is 24.8 Å². The molecule has 3 atom stereocenters. The third kappa shape index (κ3) is 9.81. The van der Waals surface area contributed by atoms with Gasteiger partial charge >= 0.3 is 0 Å². The predicted molar refractivity (Wildman–Crippen MR) is 164 cm³/mol. The summed E-state index contributed by atoms with van der Waals surface area (Å²) >= 11 is 0. The lowest BCUT2D eigenvalue weighted by Gasteiger charge is -2.26. The van der Waals surface area contributed by atoms with Crippen LogP contribution in [0.1, 0.15) is 74.4 Å². The van der Waals surface area contributed by atoms with Gasteiger partial charge in [-0.05, 0) is 68.5 Å². The van der Waals surface area contributed by atoms with Crippen molar-refractivity contribution in [2.75, 3.05) is 19.7 Å². The molecule has 4 rings (SSSR count). The number of benzene rings is 2. The molecule has 2 aliphatic heterocycles. The summed E-state index contributed by atoms with van der Waals surface area (Å²) in [5, 5.41) is 11.2. The molecule has 1 fully saturated rings. The Morgan fingerprint density at radius 3 is 2.37 bits per heavy atom. The van der Waals surface area contributed by atoms with Crippen molar-refractivity contribution in [1.29, 1.82) is 0 Å². The molecule has 0 saturated carbocycles. The highest BCUT2D eigenvalue weighted by atomic mass is 16.5. The van der Waals surface area contributed by atoms with Crippen molar-refractivity contribution >= 4 is 23.6 Å². The van der Waals surface area contributed by atoms with Crippen LogP contribution < -0.4 is 26.0 Å². The molecule has 0 radical (unpaired) electrons. The molecule has 2 aromatic carbocycles. The lowest BCUT2D eigenvalue weighted by Crippen LogP contribution is -2.53. The van der Waals surface area contributed by atoms with E-state index in [9.17, 15) is 19.2 Å². The number of likely N-dealkylation sites (tertiary alicyclic amines) is 1. The van der Waals surface area contributed by atoms with Crippen molar-refractivity contribution < 1.29 is 23.9 Å². The first-order valence-corrected chi connectivity index (χ1v) is 15.4. The molecule has 2 aromatic rings. The van der Waals surface area contributed by atoms with Crippen LogP contribution in [-0.4, -0.2) is 66.4 Å². The third-order valence-electron chi connectivity index (χ3n) is 7.80. The Balaban J connectivity index is 1.45. The van der Waals surface area contributed by atoms with Gasteiger partial charge in [-0.15, -0.1) is 0 Å². The van der Waals surface area contributed by atoms with Crippen molar-refractivity contribution in [3.63, 3.8) is 0 Å². The van der Waals surface area contributed by atoms with E-state index in [-0.39, 0.29) is 43.0 Å². The molecule has 232 valence electrons. The Bertz CT molecular complexity index is 1260. The minimum Gasteiger partial charge on any atom is -0.491 e.